The number of urea groups is 1. The molecule has 1 aliphatic rings. The predicted molar refractivity (Wildman–Crippen MR) is 114 cm³/mol. The van der Waals surface area contributed by atoms with E-state index in [1.54, 1.807) is 25.4 Å². The zero-order valence-corrected chi connectivity index (χ0v) is 16.1. The Kier molecular flexibility index (Phi) is 4.24. The Hall–Kier alpha value is -4.07. The number of benzene rings is 2. The molecule has 3 N–H and O–H groups in total. The van der Waals surface area contributed by atoms with Crippen molar-refractivity contribution in [3.8, 4) is 0 Å². The van der Waals surface area contributed by atoms with E-state index in [9.17, 15) is 9.59 Å². The summed E-state index contributed by atoms with van der Waals surface area (Å²) in [6.45, 7) is 1.70. The summed E-state index contributed by atoms with van der Waals surface area (Å²) in [4.78, 5) is 33.8. The lowest BCUT2D eigenvalue weighted by Gasteiger charge is -2.30. The number of para-hydroxylation sites is 1. The monoisotopic (exact) mass is 398 g/mol. The van der Waals surface area contributed by atoms with Crippen LogP contribution in [0, 0.1) is 5.92 Å². The lowest BCUT2D eigenvalue weighted by Crippen LogP contribution is -2.45. The van der Waals surface area contributed by atoms with Crippen molar-refractivity contribution in [3.63, 3.8) is 0 Å². The summed E-state index contributed by atoms with van der Waals surface area (Å²) < 4.78 is 0. The number of carbonyl (C=O) groups is 2. The largest absolute Gasteiger partial charge is 0.341 e. The summed E-state index contributed by atoms with van der Waals surface area (Å²) in [6, 6.07) is 14.1. The minimum atomic E-state index is -0.661. The molecule has 1 aliphatic heterocycles. The molecule has 30 heavy (non-hydrogen) atoms. The van der Waals surface area contributed by atoms with Crippen LogP contribution in [0.4, 0.5) is 10.5 Å². The molecular formula is C22H18N6O2. The van der Waals surface area contributed by atoms with Crippen LogP contribution in [0.25, 0.3) is 21.8 Å². The van der Waals surface area contributed by atoms with Gasteiger partial charge < -0.3 is 10.6 Å². The molecule has 0 radical (unpaired) electrons. The maximum atomic E-state index is 13.2. The average Bonchev–Trinajstić information content (AvgIpc) is 3.20. The van der Waals surface area contributed by atoms with Crippen LogP contribution in [-0.2, 0) is 4.79 Å². The number of carbonyl (C=O) groups excluding carboxylic acids is 2. The number of rotatable bonds is 3. The zero-order chi connectivity index (χ0) is 20.7. The quantitative estimate of drug-likeness (QED) is 0.489. The average molecular weight is 398 g/mol. The first-order valence-corrected chi connectivity index (χ1v) is 9.53. The molecule has 8 heteroatoms. The van der Waals surface area contributed by atoms with E-state index in [1.165, 1.54) is 0 Å². The smallest absolute Gasteiger partial charge is 0.328 e. The van der Waals surface area contributed by atoms with Gasteiger partial charge in [-0.3, -0.25) is 14.9 Å². The van der Waals surface area contributed by atoms with Gasteiger partial charge in [-0.15, -0.1) is 0 Å². The Labute approximate surface area is 171 Å². The fourth-order valence-corrected chi connectivity index (χ4v) is 3.84. The SMILES string of the molecule is CC1=NC(=O)NC(c2cnc3ccccc3c2)C1C(=O)Nc1ccc2[nH]ncc2c1. The van der Waals surface area contributed by atoms with Gasteiger partial charge in [0.15, 0.2) is 0 Å². The van der Waals surface area contributed by atoms with E-state index in [1.807, 2.05) is 42.5 Å². The highest BCUT2D eigenvalue weighted by molar-refractivity contribution is 6.13. The number of H-pyrrole nitrogens is 1. The van der Waals surface area contributed by atoms with Gasteiger partial charge in [0.25, 0.3) is 0 Å². The van der Waals surface area contributed by atoms with E-state index in [0.29, 0.717) is 11.4 Å². The Balaban J connectivity index is 1.49. The number of pyridine rings is 1. The van der Waals surface area contributed by atoms with Crippen LogP contribution < -0.4 is 10.6 Å². The van der Waals surface area contributed by atoms with Gasteiger partial charge >= 0.3 is 6.03 Å². The van der Waals surface area contributed by atoms with Gasteiger partial charge in [0.1, 0.15) is 5.92 Å². The van der Waals surface area contributed by atoms with Gasteiger partial charge in [-0.1, -0.05) is 18.2 Å². The molecule has 3 amide bonds. The number of amides is 3. The fourth-order valence-electron chi connectivity index (χ4n) is 3.84. The number of anilines is 1. The lowest BCUT2D eigenvalue weighted by molar-refractivity contribution is -0.118. The van der Waals surface area contributed by atoms with Crippen molar-refractivity contribution in [2.24, 2.45) is 10.9 Å². The van der Waals surface area contributed by atoms with Crippen LogP contribution >= 0.6 is 0 Å². The van der Waals surface area contributed by atoms with E-state index >= 15 is 0 Å². The van der Waals surface area contributed by atoms with Gasteiger partial charge in [-0.05, 0) is 42.8 Å². The number of hydrogen-bond donors (Lipinski definition) is 3. The highest BCUT2D eigenvalue weighted by Crippen LogP contribution is 2.30. The van der Waals surface area contributed by atoms with Gasteiger partial charge in [0.2, 0.25) is 5.91 Å². The molecule has 2 unspecified atom stereocenters. The first kappa shape index (κ1) is 18.0. The topological polar surface area (TPSA) is 112 Å². The molecule has 2 atom stereocenters. The van der Waals surface area contributed by atoms with Crippen LogP contribution in [-0.4, -0.2) is 32.8 Å². The van der Waals surface area contributed by atoms with E-state index in [2.05, 4.69) is 30.8 Å². The second-order valence-electron chi connectivity index (χ2n) is 7.28. The Morgan fingerprint density at radius 3 is 2.83 bits per heavy atom. The van der Waals surface area contributed by atoms with Crippen molar-refractivity contribution in [1.82, 2.24) is 20.5 Å². The van der Waals surface area contributed by atoms with Crippen molar-refractivity contribution in [2.45, 2.75) is 13.0 Å². The molecule has 0 bridgehead atoms. The molecule has 0 fully saturated rings. The standard InChI is InChI=1S/C22H18N6O2/c1-12-19(21(29)26-16-6-7-18-14(9-16)11-24-28-18)20(27-22(30)25-12)15-8-13-4-2-3-5-17(13)23-10-15/h2-11,19-20H,1H3,(H,24,28)(H,26,29)(H,27,30). The zero-order valence-electron chi connectivity index (χ0n) is 16.1. The molecule has 3 heterocycles. The van der Waals surface area contributed by atoms with E-state index in [0.717, 1.165) is 27.4 Å². The Bertz CT molecular complexity index is 1330. The third kappa shape index (κ3) is 3.18. The molecule has 2 aromatic carbocycles. The first-order valence-electron chi connectivity index (χ1n) is 9.53. The summed E-state index contributed by atoms with van der Waals surface area (Å²) in [5.41, 5.74) is 3.59. The molecule has 0 aliphatic carbocycles. The third-order valence-electron chi connectivity index (χ3n) is 5.30. The minimum Gasteiger partial charge on any atom is -0.328 e. The molecule has 2 aromatic heterocycles. The molecule has 0 saturated heterocycles. The minimum absolute atomic E-state index is 0.253. The molecule has 0 saturated carbocycles. The van der Waals surface area contributed by atoms with Crippen molar-refractivity contribution in [3.05, 3.63) is 66.5 Å². The van der Waals surface area contributed by atoms with Crippen LogP contribution in [0.1, 0.15) is 18.5 Å². The number of aromatic nitrogens is 3. The van der Waals surface area contributed by atoms with Crippen LogP contribution in [0.2, 0.25) is 0 Å². The molecule has 4 aromatic rings. The number of aliphatic imine (C=N–C) groups is 1. The Morgan fingerprint density at radius 2 is 1.93 bits per heavy atom. The fraction of sp³-hybridized carbons (Fsp3) is 0.136. The van der Waals surface area contributed by atoms with Gasteiger partial charge in [-0.2, -0.15) is 5.10 Å². The van der Waals surface area contributed by atoms with Crippen molar-refractivity contribution in [1.29, 1.82) is 0 Å². The van der Waals surface area contributed by atoms with Crippen LogP contribution in [0.5, 0.6) is 0 Å². The maximum absolute atomic E-state index is 13.2. The Morgan fingerprint density at radius 1 is 1.07 bits per heavy atom. The van der Waals surface area contributed by atoms with E-state index in [4.69, 9.17) is 0 Å². The van der Waals surface area contributed by atoms with Crippen molar-refractivity contribution in [2.75, 3.05) is 5.32 Å². The summed E-state index contributed by atoms with van der Waals surface area (Å²) in [7, 11) is 0. The lowest BCUT2D eigenvalue weighted by atomic mass is 9.87. The molecule has 8 nitrogen and oxygen atoms in total. The number of hydrogen-bond acceptors (Lipinski definition) is 4. The second-order valence-corrected chi connectivity index (χ2v) is 7.28. The summed E-state index contributed by atoms with van der Waals surface area (Å²) in [6.07, 6.45) is 3.39. The summed E-state index contributed by atoms with van der Waals surface area (Å²) in [5.74, 6) is -0.914. The normalized spacial score (nSPS) is 18.8. The highest BCUT2D eigenvalue weighted by atomic mass is 16.2. The summed E-state index contributed by atoms with van der Waals surface area (Å²) in [5, 5.41) is 14.5. The van der Waals surface area contributed by atoms with E-state index in [-0.39, 0.29) is 5.91 Å². The van der Waals surface area contributed by atoms with Gasteiger partial charge in [0.05, 0.1) is 23.3 Å². The number of nitrogens with one attached hydrogen (secondary N) is 3. The highest BCUT2D eigenvalue weighted by Gasteiger charge is 2.37. The number of aromatic amines is 1. The third-order valence-corrected chi connectivity index (χ3v) is 5.30. The first-order chi connectivity index (χ1) is 14.6. The summed E-state index contributed by atoms with van der Waals surface area (Å²) >= 11 is 0. The van der Waals surface area contributed by atoms with Gasteiger partial charge in [0, 0.05) is 28.4 Å². The molecule has 5 rings (SSSR count). The second kappa shape index (κ2) is 7.07. The maximum Gasteiger partial charge on any atom is 0.341 e. The van der Waals surface area contributed by atoms with Crippen LogP contribution in [0.3, 0.4) is 0 Å². The van der Waals surface area contributed by atoms with Crippen molar-refractivity contribution < 1.29 is 9.59 Å². The molecule has 148 valence electrons. The van der Waals surface area contributed by atoms with E-state index < -0.39 is 18.0 Å². The van der Waals surface area contributed by atoms with Gasteiger partial charge in [-0.25, -0.2) is 9.79 Å². The number of nitrogens with zero attached hydrogens (tertiary/aromatic N) is 3. The molecule has 0 spiro atoms. The number of fused-ring (bicyclic) bond motifs is 2. The van der Waals surface area contributed by atoms with Crippen LogP contribution in [0.15, 0.2) is 65.9 Å². The predicted octanol–water partition coefficient (Wildman–Crippen LogP) is 3.59. The van der Waals surface area contributed by atoms with Crippen molar-refractivity contribution >= 4 is 45.1 Å². The molecular weight excluding hydrogens is 380 g/mol.